The maximum absolute atomic E-state index is 9.69. The molecule has 0 aromatic heterocycles. The maximum atomic E-state index is 9.69. The third-order valence-corrected chi connectivity index (χ3v) is 5.28. The smallest absolute Gasteiger partial charge is 0.0515 e. The molecule has 2 heteroatoms. The van der Waals surface area contributed by atoms with Gasteiger partial charge in [-0.1, -0.05) is 31.9 Å². The summed E-state index contributed by atoms with van der Waals surface area (Å²) < 4.78 is 0. The molecule has 0 saturated carbocycles. The zero-order chi connectivity index (χ0) is 12.7. The highest BCUT2D eigenvalue weighted by atomic mass is 16.3. The van der Waals surface area contributed by atoms with Crippen LogP contribution in [0.2, 0.25) is 0 Å². The fraction of sp³-hybridized carbons (Fsp3) is 0.867. The first-order valence-corrected chi connectivity index (χ1v) is 6.88. The van der Waals surface area contributed by atoms with E-state index in [9.17, 15) is 10.2 Å². The van der Waals surface area contributed by atoms with E-state index in [-0.39, 0.29) is 24.0 Å². The third kappa shape index (κ3) is 2.06. The Balaban J connectivity index is 2.36. The number of hydrogen-bond donors (Lipinski definition) is 2. The van der Waals surface area contributed by atoms with E-state index < -0.39 is 0 Å². The first-order valence-electron chi connectivity index (χ1n) is 6.88. The summed E-state index contributed by atoms with van der Waals surface area (Å²) in [5.74, 6) is 0.394. The molecule has 0 aromatic rings. The van der Waals surface area contributed by atoms with E-state index in [1.165, 1.54) is 24.8 Å². The second-order valence-electron chi connectivity index (χ2n) is 6.78. The van der Waals surface area contributed by atoms with Crippen LogP contribution in [-0.4, -0.2) is 23.4 Å². The van der Waals surface area contributed by atoms with Gasteiger partial charge in [-0.25, -0.2) is 0 Å². The molecule has 98 valence electrons. The van der Waals surface area contributed by atoms with Gasteiger partial charge in [0.1, 0.15) is 0 Å². The largest absolute Gasteiger partial charge is 0.396 e. The molecule has 0 saturated heterocycles. The zero-order valence-corrected chi connectivity index (χ0v) is 11.4. The first-order chi connectivity index (χ1) is 7.95. The van der Waals surface area contributed by atoms with Crippen molar-refractivity contribution in [2.24, 2.45) is 16.7 Å². The van der Waals surface area contributed by atoms with Crippen molar-refractivity contribution in [2.45, 2.75) is 52.9 Å². The van der Waals surface area contributed by atoms with Crippen LogP contribution in [-0.2, 0) is 0 Å². The van der Waals surface area contributed by atoms with Crippen LogP contribution in [0, 0.1) is 16.7 Å². The minimum absolute atomic E-state index is 0.109. The molecule has 0 aliphatic heterocycles. The SMILES string of the molecule is C[C@@H]1CC2=C(CC1(CO)CO)C(C)(C)CCC2. The second-order valence-corrected chi connectivity index (χ2v) is 6.78. The molecule has 2 aliphatic rings. The van der Waals surface area contributed by atoms with Crippen LogP contribution in [0.4, 0.5) is 0 Å². The molecule has 0 radical (unpaired) electrons. The molecule has 0 heterocycles. The fourth-order valence-corrected chi connectivity index (χ4v) is 3.70. The molecule has 2 rings (SSSR count). The van der Waals surface area contributed by atoms with Crippen molar-refractivity contribution >= 4 is 0 Å². The van der Waals surface area contributed by atoms with Crippen molar-refractivity contribution < 1.29 is 10.2 Å². The predicted octanol–water partition coefficient (Wildman–Crippen LogP) is 2.89. The summed E-state index contributed by atoms with van der Waals surface area (Å²) in [6.45, 7) is 7.03. The van der Waals surface area contributed by atoms with Crippen molar-refractivity contribution in [1.82, 2.24) is 0 Å². The minimum Gasteiger partial charge on any atom is -0.396 e. The average molecular weight is 238 g/mol. The van der Waals surface area contributed by atoms with Crippen molar-refractivity contribution in [3.05, 3.63) is 11.1 Å². The summed E-state index contributed by atoms with van der Waals surface area (Å²) in [6, 6.07) is 0. The summed E-state index contributed by atoms with van der Waals surface area (Å²) in [5.41, 5.74) is 3.13. The average Bonchev–Trinajstić information content (AvgIpc) is 2.28. The van der Waals surface area contributed by atoms with Crippen LogP contribution in [0.5, 0.6) is 0 Å². The number of aliphatic hydroxyl groups is 2. The topological polar surface area (TPSA) is 40.5 Å². The van der Waals surface area contributed by atoms with Gasteiger partial charge in [-0.3, -0.25) is 0 Å². The summed E-state index contributed by atoms with van der Waals surface area (Å²) >= 11 is 0. The summed E-state index contributed by atoms with van der Waals surface area (Å²) in [5, 5.41) is 19.4. The van der Waals surface area contributed by atoms with Crippen molar-refractivity contribution in [1.29, 1.82) is 0 Å². The molecule has 0 unspecified atom stereocenters. The molecule has 1 atom stereocenters. The number of aliphatic hydroxyl groups excluding tert-OH is 2. The van der Waals surface area contributed by atoms with E-state index in [1.54, 1.807) is 5.57 Å². The van der Waals surface area contributed by atoms with Crippen LogP contribution in [0.15, 0.2) is 11.1 Å². The Morgan fingerprint density at radius 2 is 1.88 bits per heavy atom. The Bertz CT molecular complexity index is 324. The van der Waals surface area contributed by atoms with Gasteiger partial charge in [-0.05, 0) is 43.4 Å². The van der Waals surface area contributed by atoms with Gasteiger partial charge in [0.25, 0.3) is 0 Å². The van der Waals surface area contributed by atoms with E-state index in [2.05, 4.69) is 20.8 Å². The quantitative estimate of drug-likeness (QED) is 0.726. The number of allylic oxidation sites excluding steroid dienone is 2. The maximum Gasteiger partial charge on any atom is 0.0515 e. The van der Waals surface area contributed by atoms with Gasteiger partial charge in [-0.2, -0.15) is 0 Å². The van der Waals surface area contributed by atoms with Crippen LogP contribution >= 0.6 is 0 Å². The van der Waals surface area contributed by atoms with E-state index in [0.717, 1.165) is 12.8 Å². The predicted molar refractivity (Wildman–Crippen MR) is 69.7 cm³/mol. The molecule has 0 bridgehead atoms. The third-order valence-electron chi connectivity index (χ3n) is 5.28. The standard InChI is InChI=1S/C15H26O2/c1-11-7-12-5-4-6-14(2,3)13(12)8-15(11,9-16)10-17/h11,16-17H,4-10H2,1-3H3/t11-/m1/s1. The van der Waals surface area contributed by atoms with Crippen LogP contribution < -0.4 is 0 Å². The Labute approximate surface area is 105 Å². The zero-order valence-electron chi connectivity index (χ0n) is 11.4. The highest BCUT2D eigenvalue weighted by Crippen LogP contribution is 2.53. The number of rotatable bonds is 2. The van der Waals surface area contributed by atoms with Crippen LogP contribution in [0.25, 0.3) is 0 Å². The normalized spacial score (nSPS) is 31.2. The van der Waals surface area contributed by atoms with Crippen molar-refractivity contribution in [3.63, 3.8) is 0 Å². The van der Waals surface area contributed by atoms with E-state index in [4.69, 9.17) is 0 Å². The highest BCUT2D eigenvalue weighted by molar-refractivity contribution is 5.29. The molecule has 2 nitrogen and oxygen atoms in total. The highest BCUT2D eigenvalue weighted by Gasteiger charge is 2.44. The van der Waals surface area contributed by atoms with Gasteiger partial charge < -0.3 is 10.2 Å². The van der Waals surface area contributed by atoms with Crippen LogP contribution in [0.3, 0.4) is 0 Å². The molecule has 2 aliphatic carbocycles. The van der Waals surface area contributed by atoms with Crippen LogP contribution in [0.1, 0.15) is 52.9 Å². The summed E-state index contributed by atoms with van der Waals surface area (Å²) in [7, 11) is 0. The van der Waals surface area contributed by atoms with E-state index >= 15 is 0 Å². The minimum atomic E-state index is -0.284. The lowest BCUT2D eigenvalue weighted by atomic mass is 9.58. The van der Waals surface area contributed by atoms with Crippen molar-refractivity contribution in [2.75, 3.05) is 13.2 Å². The first kappa shape index (κ1) is 13.1. The molecule has 0 spiro atoms. The fourth-order valence-electron chi connectivity index (χ4n) is 3.70. The molecular weight excluding hydrogens is 212 g/mol. The van der Waals surface area contributed by atoms with Gasteiger partial charge in [0.2, 0.25) is 0 Å². The Hall–Kier alpha value is -0.340. The lowest BCUT2D eigenvalue weighted by Gasteiger charge is -2.48. The molecule has 0 aromatic carbocycles. The molecular formula is C15H26O2. The molecule has 2 N–H and O–H groups in total. The molecule has 0 amide bonds. The Kier molecular flexibility index (Phi) is 3.39. The van der Waals surface area contributed by atoms with E-state index in [1.807, 2.05) is 0 Å². The summed E-state index contributed by atoms with van der Waals surface area (Å²) in [6.07, 6.45) is 5.73. The lowest BCUT2D eigenvalue weighted by Crippen LogP contribution is -2.43. The lowest BCUT2D eigenvalue weighted by molar-refractivity contribution is -0.00260. The van der Waals surface area contributed by atoms with Gasteiger partial charge in [0.05, 0.1) is 13.2 Å². The molecule has 17 heavy (non-hydrogen) atoms. The monoisotopic (exact) mass is 238 g/mol. The Morgan fingerprint density at radius 1 is 1.24 bits per heavy atom. The van der Waals surface area contributed by atoms with Gasteiger partial charge in [-0.15, -0.1) is 0 Å². The molecule has 0 fully saturated rings. The summed E-state index contributed by atoms with van der Waals surface area (Å²) in [4.78, 5) is 0. The van der Waals surface area contributed by atoms with Gasteiger partial charge >= 0.3 is 0 Å². The van der Waals surface area contributed by atoms with E-state index in [0.29, 0.717) is 5.92 Å². The number of hydrogen-bond acceptors (Lipinski definition) is 2. The van der Waals surface area contributed by atoms with Gasteiger partial charge in [0, 0.05) is 5.41 Å². The van der Waals surface area contributed by atoms with Gasteiger partial charge in [0.15, 0.2) is 0 Å². The van der Waals surface area contributed by atoms with Crippen molar-refractivity contribution in [3.8, 4) is 0 Å². The second kappa shape index (κ2) is 4.40. The Morgan fingerprint density at radius 3 is 2.47 bits per heavy atom.